The highest BCUT2D eigenvalue weighted by molar-refractivity contribution is 6.00. The minimum atomic E-state index is -0.800. The molecule has 8 nitrogen and oxygen atoms in total. The fourth-order valence-corrected chi connectivity index (χ4v) is 4.31. The first-order chi connectivity index (χ1) is 17.5. The molecule has 182 valence electrons. The summed E-state index contributed by atoms with van der Waals surface area (Å²) in [5, 5.41) is 6.75. The number of rotatable bonds is 6. The number of ether oxygens (including phenoxy) is 4. The number of carbonyl (C=O) groups excluding carboxylic acids is 1. The Kier molecular flexibility index (Phi) is 6.16. The van der Waals surface area contributed by atoms with Crippen molar-refractivity contribution in [3.05, 3.63) is 83.9 Å². The Morgan fingerprint density at radius 1 is 0.889 bits per heavy atom. The largest absolute Gasteiger partial charge is 0.493 e. The second kappa shape index (κ2) is 9.58. The van der Waals surface area contributed by atoms with Gasteiger partial charge in [-0.05, 0) is 24.3 Å². The lowest BCUT2D eigenvalue weighted by atomic mass is 10.0. The third-order valence-electron chi connectivity index (χ3n) is 5.98. The number of benzene rings is 3. The Bertz CT molecular complexity index is 1470. The molecule has 4 aromatic rings. The summed E-state index contributed by atoms with van der Waals surface area (Å²) in [6.45, 7) is 1.45. The van der Waals surface area contributed by atoms with E-state index in [0.29, 0.717) is 22.8 Å². The highest BCUT2D eigenvalue weighted by atomic mass is 16.5. The Morgan fingerprint density at radius 2 is 1.61 bits per heavy atom. The molecule has 0 spiro atoms. The number of para-hydroxylation sites is 1. The summed E-state index contributed by atoms with van der Waals surface area (Å²) in [4.78, 5) is 17.6. The molecule has 1 aliphatic rings. The maximum Gasteiger partial charge on any atom is 0.245 e. The van der Waals surface area contributed by atoms with Gasteiger partial charge >= 0.3 is 0 Å². The Labute approximate surface area is 208 Å². The van der Waals surface area contributed by atoms with E-state index in [1.165, 1.54) is 26.2 Å². The van der Waals surface area contributed by atoms with E-state index in [4.69, 9.17) is 23.9 Å². The number of fused-ring (bicyclic) bond motifs is 1. The molecule has 0 aliphatic carbocycles. The summed E-state index contributed by atoms with van der Waals surface area (Å²) in [6, 6.07) is 23.1. The molecule has 1 amide bonds. The molecule has 5 rings (SSSR count). The molecule has 3 aromatic carbocycles. The van der Waals surface area contributed by atoms with Crippen LogP contribution in [0.25, 0.3) is 22.2 Å². The second-order valence-electron chi connectivity index (χ2n) is 8.10. The van der Waals surface area contributed by atoms with Crippen LogP contribution in [0, 0.1) is 0 Å². The van der Waals surface area contributed by atoms with Crippen molar-refractivity contribution in [2.75, 3.05) is 21.3 Å². The first-order valence-corrected chi connectivity index (χ1v) is 11.3. The molecule has 0 saturated heterocycles. The molecule has 0 N–H and O–H groups in total. The van der Waals surface area contributed by atoms with Crippen molar-refractivity contribution < 1.29 is 23.7 Å². The summed E-state index contributed by atoms with van der Waals surface area (Å²) in [7, 11) is 4.60. The fraction of sp³-hybridized carbons (Fsp3) is 0.179. The number of pyridine rings is 1. The van der Waals surface area contributed by atoms with Gasteiger partial charge in [0.15, 0.2) is 11.5 Å². The Morgan fingerprint density at radius 3 is 2.31 bits per heavy atom. The maximum absolute atomic E-state index is 12.7. The van der Waals surface area contributed by atoms with Gasteiger partial charge in [-0.15, -0.1) is 5.10 Å². The molecule has 0 radical (unpaired) electrons. The third kappa shape index (κ3) is 3.96. The quantitative estimate of drug-likeness (QED) is 0.377. The van der Waals surface area contributed by atoms with Gasteiger partial charge in [-0.1, -0.05) is 48.5 Å². The Balaban J connectivity index is 1.65. The van der Waals surface area contributed by atoms with Crippen molar-refractivity contribution in [3.8, 4) is 28.5 Å². The zero-order valence-corrected chi connectivity index (χ0v) is 20.4. The monoisotopic (exact) mass is 483 g/mol. The molecule has 0 bridgehead atoms. The van der Waals surface area contributed by atoms with Gasteiger partial charge < -0.3 is 18.9 Å². The summed E-state index contributed by atoms with van der Waals surface area (Å²) >= 11 is 0. The van der Waals surface area contributed by atoms with Crippen LogP contribution >= 0.6 is 0 Å². The van der Waals surface area contributed by atoms with Crippen molar-refractivity contribution in [1.82, 2.24) is 9.99 Å². The molecule has 1 unspecified atom stereocenters. The zero-order valence-electron chi connectivity index (χ0n) is 20.4. The maximum atomic E-state index is 12.7. The lowest BCUT2D eigenvalue weighted by molar-refractivity contribution is -0.135. The van der Waals surface area contributed by atoms with E-state index in [1.807, 2.05) is 60.7 Å². The lowest BCUT2D eigenvalue weighted by Crippen LogP contribution is -2.25. The van der Waals surface area contributed by atoms with Crippen LogP contribution in [0.4, 0.5) is 0 Å². The molecule has 1 aromatic heterocycles. The summed E-state index contributed by atoms with van der Waals surface area (Å²) in [6.07, 6.45) is -0.800. The average molecular weight is 484 g/mol. The van der Waals surface area contributed by atoms with Gasteiger partial charge in [0.1, 0.15) is 0 Å². The van der Waals surface area contributed by atoms with Crippen molar-refractivity contribution in [3.63, 3.8) is 0 Å². The highest BCUT2D eigenvalue weighted by Gasteiger charge is 2.36. The lowest BCUT2D eigenvalue weighted by Gasteiger charge is -2.22. The SMILES string of the molecule is COc1ccc(C2=NN(C(C)=O)C(c3cc(-c4ccccc4)nc4ccccc34)O2)c(OC)c1OC. The minimum Gasteiger partial charge on any atom is -0.493 e. The molecule has 1 aliphatic heterocycles. The van der Waals surface area contributed by atoms with Gasteiger partial charge in [-0.25, -0.2) is 4.98 Å². The predicted molar refractivity (Wildman–Crippen MR) is 136 cm³/mol. The van der Waals surface area contributed by atoms with Crippen LogP contribution in [0.15, 0.2) is 77.9 Å². The van der Waals surface area contributed by atoms with Gasteiger partial charge in [-0.3, -0.25) is 4.79 Å². The van der Waals surface area contributed by atoms with Crippen LogP contribution in [0.3, 0.4) is 0 Å². The summed E-state index contributed by atoms with van der Waals surface area (Å²) in [5.74, 6) is 1.27. The molecule has 36 heavy (non-hydrogen) atoms. The topological polar surface area (TPSA) is 82.5 Å². The van der Waals surface area contributed by atoms with Gasteiger partial charge in [0.2, 0.25) is 23.8 Å². The number of nitrogens with zero attached hydrogens (tertiary/aromatic N) is 3. The van der Waals surface area contributed by atoms with Crippen LogP contribution in [0.1, 0.15) is 24.3 Å². The van der Waals surface area contributed by atoms with Gasteiger partial charge in [-0.2, -0.15) is 5.01 Å². The van der Waals surface area contributed by atoms with E-state index in [9.17, 15) is 4.79 Å². The number of hydrazone groups is 1. The third-order valence-corrected chi connectivity index (χ3v) is 5.98. The zero-order chi connectivity index (χ0) is 25.2. The average Bonchev–Trinajstić information content (AvgIpc) is 3.37. The molecule has 1 atom stereocenters. The van der Waals surface area contributed by atoms with E-state index in [1.54, 1.807) is 19.2 Å². The van der Waals surface area contributed by atoms with Crippen LogP contribution in [-0.2, 0) is 9.53 Å². The molecular weight excluding hydrogens is 458 g/mol. The second-order valence-corrected chi connectivity index (χ2v) is 8.10. The number of hydrogen-bond donors (Lipinski definition) is 0. The number of methoxy groups -OCH3 is 3. The van der Waals surface area contributed by atoms with Crippen LogP contribution in [-0.4, -0.2) is 43.1 Å². The van der Waals surface area contributed by atoms with E-state index >= 15 is 0 Å². The van der Waals surface area contributed by atoms with Crippen LogP contribution in [0.5, 0.6) is 17.2 Å². The van der Waals surface area contributed by atoms with Crippen molar-refractivity contribution in [1.29, 1.82) is 0 Å². The first kappa shape index (κ1) is 23.2. The van der Waals surface area contributed by atoms with E-state index < -0.39 is 6.23 Å². The first-order valence-electron chi connectivity index (χ1n) is 11.3. The number of hydrogen-bond acceptors (Lipinski definition) is 7. The fourth-order valence-electron chi connectivity index (χ4n) is 4.31. The van der Waals surface area contributed by atoms with E-state index in [-0.39, 0.29) is 11.8 Å². The van der Waals surface area contributed by atoms with Gasteiger partial charge in [0.25, 0.3) is 0 Å². The van der Waals surface area contributed by atoms with Crippen LogP contribution < -0.4 is 14.2 Å². The van der Waals surface area contributed by atoms with E-state index in [0.717, 1.165) is 27.7 Å². The molecule has 2 heterocycles. The van der Waals surface area contributed by atoms with Crippen molar-refractivity contribution in [2.45, 2.75) is 13.2 Å². The Hall–Kier alpha value is -4.59. The predicted octanol–water partition coefficient (Wildman–Crippen LogP) is 5.17. The van der Waals surface area contributed by atoms with E-state index in [2.05, 4.69) is 5.10 Å². The van der Waals surface area contributed by atoms with Crippen molar-refractivity contribution >= 4 is 22.7 Å². The molecule has 8 heteroatoms. The van der Waals surface area contributed by atoms with Gasteiger partial charge in [0, 0.05) is 23.4 Å². The van der Waals surface area contributed by atoms with Crippen LogP contribution in [0.2, 0.25) is 0 Å². The number of amides is 1. The summed E-state index contributed by atoms with van der Waals surface area (Å²) in [5.41, 5.74) is 3.82. The van der Waals surface area contributed by atoms with Crippen molar-refractivity contribution in [2.24, 2.45) is 5.10 Å². The van der Waals surface area contributed by atoms with Gasteiger partial charge in [0.05, 0.1) is 38.1 Å². The minimum absolute atomic E-state index is 0.232. The standard InChI is InChI=1S/C28H25N3O5/c1-17(32)31-28(36-27(30-31)20-14-15-24(33-2)26(35-4)25(20)34-3)21-16-23(18-10-6-5-7-11-18)29-22-13-9-8-12-19(21)22/h5-16,28H,1-4H3. The molecule has 0 saturated carbocycles. The highest BCUT2D eigenvalue weighted by Crippen LogP contribution is 2.43. The number of aromatic nitrogens is 1. The normalized spacial score (nSPS) is 14.8. The summed E-state index contributed by atoms with van der Waals surface area (Å²) < 4.78 is 22.9. The molecular formula is C28H25N3O5. The smallest absolute Gasteiger partial charge is 0.245 e. The number of carbonyl (C=O) groups is 1. The molecule has 0 fully saturated rings.